The van der Waals surface area contributed by atoms with Crippen molar-refractivity contribution < 1.29 is 4.39 Å². The summed E-state index contributed by atoms with van der Waals surface area (Å²) in [5, 5.41) is 3.34. The standard InChI is InChI=1S/C13H14Cl2FN5/c1-3-10-18-12(6(2)13(19-10)21-17)20-11-8(14)4-7(16)5-9(11)15/h4-5H,3,17H2,1-2H3,(H2,18,19,20,21). The average Bonchev–Trinajstić information content (AvgIpc) is 2.44. The van der Waals surface area contributed by atoms with Crippen LogP contribution >= 0.6 is 23.2 Å². The first kappa shape index (κ1) is 15.8. The van der Waals surface area contributed by atoms with Gasteiger partial charge in [0.25, 0.3) is 0 Å². The number of nitrogen functional groups attached to an aromatic ring is 1. The van der Waals surface area contributed by atoms with E-state index in [1.807, 2.05) is 6.92 Å². The molecule has 0 amide bonds. The van der Waals surface area contributed by atoms with Gasteiger partial charge in [-0.15, -0.1) is 0 Å². The number of rotatable bonds is 4. The molecule has 5 nitrogen and oxygen atoms in total. The molecular formula is C13H14Cl2FN5. The molecule has 0 fully saturated rings. The minimum absolute atomic E-state index is 0.165. The Balaban J connectivity index is 2.49. The number of halogens is 3. The van der Waals surface area contributed by atoms with Gasteiger partial charge >= 0.3 is 0 Å². The van der Waals surface area contributed by atoms with Crippen LogP contribution in [0, 0.1) is 12.7 Å². The second-order valence-electron chi connectivity index (χ2n) is 4.33. The molecule has 0 bridgehead atoms. The minimum atomic E-state index is -0.506. The molecule has 2 rings (SSSR count). The van der Waals surface area contributed by atoms with Gasteiger partial charge in [-0.25, -0.2) is 20.2 Å². The van der Waals surface area contributed by atoms with E-state index in [-0.39, 0.29) is 10.0 Å². The van der Waals surface area contributed by atoms with Gasteiger partial charge in [0.2, 0.25) is 0 Å². The Hall–Kier alpha value is -1.63. The van der Waals surface area contributed by atoms with E-state index < -0.39 is 5.82 Å². The zero-order chi connectivity index (χ0) is 15.6. The molecule has 1 aromatic heterocycles. The Labute approximate surface area is 131 Å². The highest BCUT2D eigenvalue weighted by Gasteiger charge is 2.14. The summed E-state index contributed by atoms with van der Waals surface area (Å²) in [6, 6.07) is 2.35. The first-order valence-corrected chi connectivity index (χ1v) is 6.97. The maximum absolute atomic E-state index is 13.2. The maximum atomic E-state index is 13.2. The molecule has 0 radical (unpaired) electrons. The second-order valence-corrected chi connectivity index (χ2v) is 5.14. The Bertz CT molecular complexity index is 655. The lowest BCUT2D eigenvalue weighted by Crippen LogP contribution is -2.14. The van der Waals surface area contributed by atoms with Crippen LogP contribution in [0.3, 0.4) is 0 Å². The van der Waals surface area contributed by atoms with Crippen LogP contribution in [0.2, 0.25) is 10.0 Å². The Morgan fingerprint density at radius 3 is 2.29 bits per heavy atom. The number of anilines is 3. The van der Waals surface area contributed by atoms with Crippen molar-refractivity contribution in [3.05, 3.63) is 39.4 Å². The van der Waals surface area contributed by atoms with Gasteiger partial charge in [0.1, 0.15) is 23.3 Å². The van der Waals surface area contributed by atoms with Gasteiger partial charge in [0.05, 0.1) is 15.7 Å². The predicted octanol–water partition coefficient (Wildman–Crippen LogP) is 3.82. The molecule has 0 saturated carbocycles. The van der Waals surface area contributed by atoms with Crippen LogP contribution in [0.4, 0.5) is 21.7 Å². The first-order valence-electron chi connectivity index (χ1n) is 6.22. The lowest BCUT2D eigenvalue weighted by molar-refractivity contribution is 0.628. The number of nitrogens with two attached hydrogens (primary N) is 1. The Morgan fingerprint density at radius 2 is 1.76 bits per heavy atom. The van der Waals surface area contributed by atoms with Crippen LogP contribution in [0.5, 0.6) is 0 Å². The van der Waals surface area contributed by atoms with E-state index in [1.54, 1.807) is 6.92 Å². The molecule has 8 heteroatoms. The molecule has 0 aliphatic rings. The normalized spacial score (nSPS) is 10.6. The van der Waals surface area contributed by atoms with Gasteiger partial charge in [-0.2, -0.15) is 0 Å². The molecule has 0 aliphatic carbocycles. The van der Waals surface area contributed by atoms with Crippen LogP contribution in [0.15, 0.2) is 12.1 Å². The number of nitrogens with one attached hydrogen (secondary N) is 2. The monoisotopic (exact) mass is 329 g/mol. The fourth-order valence-corrected chi connectivity index (χ4v) is 2.32. The number of aryl methyl sites for hydroxylation is 1. The van der Waals surface area contributed by atoms with Gasteiger partial charge in [-0.1, -0.05) is 30.1 Å². The highest BCUT2D eigenvalue weighted by molar-refractivity contribution is 6.39. The molecule has 1 aromatic carbocycles. The lowest BCUT2D eigenvalue weighted by atomic mass is 10.2. The van der Waals surface area contributed by atoms with E-state index in [1.165, 1.54) is 12.1 Å². The predicted molar refractivity (Wildman–Crippen MR) is 83.7 cm³/mol. The Kier molecular flexibility index (Phi) is 4.82. The number of nitrogens with zero attached hydrogens (tertiary/aromatic N) is 2. The molecule has 0 spiro atoms. The van der Waals surface area contributed by atoms with Crippen LogP contribution in [0.25, 0.3) is 0 Å². The highest BCUT2D eigenvalue weighted by atomic mass is 35.5. The zero-order valence-corrected chi connectivity index (χ0v) is 13.0. The van der Waals surface area contributed by atoms with Gasteiger partial charge in [-0.3, -0.25) is 0 Å². The van der Waals surface area contributed by atoms with Crippen LogP contribution in [-0.2, 0) is 6.42 Å². The van der Waals surface area contributed by atoms with E-state index in [9.17, 15) is 4.39 Å². The first-order chi connectivity index (χ1) is 9.96. The van der Waals surface area contributed by atoms with E-state index in [2.05, 4.69) is 20.7 Å². The summed E-state index contributed by atoms with van der Waals surface area (Å²) in [5.41, 5.74) is 3.60. The van der Waals surface area contributed by atoms with Crippen molar-refractivity contribution >= 4 is 40.5 Å². The summed E-state index contributed by atoms with van der Waals surface area (Å²) in [7, 11) is 0. The molecule has 0 saturated heterocycles. The van der Waals surface area contributed by atoms with Crippen molar-refractivity contribution in [1.82, 2.24) is 9.97 Å². The largest absolute Gasteiger partial charge is 0.337 e. The molecule has 112 valence electrons. The maximum Gasteiger partial charge on any atom is 0.148 e. The third-order valence-electron chi connectivity index (χ3n) is 2.90. The molecule has 0 atom stereocenters. The van der Waals surface area contributed by atoms with Crippen molar-refractivity contribution in [3.63, 3.8) is 0 Å². The third kappa shape index (κ3) is 3.34. The summed E-state index contributed by atoms with van der Waals surface area (Å²) in [5.74, 6) is 6.55. The van der Waals surface area contributed by atoms with E-state index in [4.69, 9.17) is 29.0 Å². The fourth-order valence-electron chi connectivity index (χ4n) is 1.76. The minimum Gasteiger partial charge on any atom is -0.337 e. The van der Waals surface area contributed by atoms with Crippen LogP contribution in [0.1, 0.15) is 18.3 Å². The third-order valence-corrected chi connectivity index (χ3v) is 3.49. The number of aromatic nitrogens is 2. The van der Waals surface area contributed by atoms with Crippen molar-refractivity contribution in [1.29, 1.82) is 0 Å². The van der Waals surface area contributed by atoms with Crippen LogP contribution < -0.4 is 16.6 Å². The van der Waals surface area contributed by atoms with E-state index in [0.717, 1.165) is 0 Å². The quantitative estimate of drug-likeness (QED) is 0.587. The van der Waals surface area contributed by atoms with Crippen molar-refractivity contribution in [2.75, 3.05) is 10.7 Å². The van der Waals surface area contributed by atoms with E-state index in [0.29, 0.717) is 35.1 Å². The summed E-state index contributed by atoms with van der Waals surface area (Å²) < 4.78 is 13.2. The lowest BCUT2D eigenvalue weighted by Gasteiger charge is -2.15. The number of hydrogen-bond donors (Lipinski definition) is 3. The van der Waals surface area contributed by atoms with E-state index >= 15 is 0 Å². The van der Waals surface area contributed by atoms with Crippen molar-refractivity contribution in [2.45, 2.75) is 20.3 Å². The summed E-state index contributed by atoms with van der Waals surface area (Å²) in [6.07, 6.45) is 0.633. The molecule has 4 N–H and O–H groups in total. The molecule has 0 aliphatic heterocycles. The Morgan fingerprint density at radius 1 is 1.19 bits per heavy atom. The molecular weight excluding hydrogens is 316 g/mol. The smallest absolute Gasteiger partial charge is 0.148 e. The number of hydrogen-bond acceptors (Lipinski definition) is 5. The molecule has 2 aromatic rings. The topological polar surface area (TPSA) is 75.9 Å². The van der Waals surface area contributed by atoms with Crippen LogP contribution in [-0.4, -0.2) is 9.97 Å². The van der Waals surface area contributed by atoms with Crippen molar-refractivity contribution in [3.8, 4) is 0 Å². The average molecular weight is 330 g/mol. The fraction of sp³-hybridized carbons (Fsp3) is 0.231. The van der Waals surface area contributed by atoms with Crippen molar-refractivity contribution in [2.24, 2.45) is 5.84 Å². The number of hydrazine groups is 1. The van der Waals surface area contributed by atoms with Gasteiger partial charge in [0.15, 0.2) is 0 Å². The summed E-state index contributed by atoms with van der Waals surface area (Å²) in [4.78, 5) is 8.63. The second kappa shape index (κ2) is 6.43. The molecule has 0 unspecified atom stereocenters. The van der Waals surface area contributed by atoms with Gasteiger partial charge in [-0.05, 0) is 19.1 Å². The van der Waals surface area contributed by atoms with Gasteiger partial charge in [0, 0.05) is 12.0 Å². The number of benzene rings is 1. The summed E-state index contributed by atoms with van der Waals surface area (Å²) in [6.45, 7) is 3.72. The highest BCUT2D eigenvalue weighted by Crippen LogP contribution is 2.34. The summed E-state index contributed by atoms with van der Waals surface area (Å²) >= 11 is 12.0. The van der Waals surface area contributed by atoms with Gasteiger partial charge < -0.3 is 10.7 Å². The SMILES string of the molecule is CCc1nc(NN)c(C)c(Nc2c(Cl)cc(F)cc2Cl)n1. The molecule has 21 heavy (non-hydrogen) atoms. The molecule has 1 heterocycles. The zero-order valence-electron chi connectivity index (χ0n) is 11.5.